The van der Waals surface area contributed by atoms with E-state index in [0.29, 0.717) is 15.8 Å². The molecule has 2 rings (SSSR count). The lowest BCUT2D eigenvalue weighted by Gasteiger charge is -2.28. The second kappa shape index (κ2) is 5.05. The summed E-state index contributed by atoms with van der Waals surface area (Å²) < 4.78 is 25.6. The van der Waals surface area contributed by atoms with Crippen molar-refractivity contribution >= 4 is 15.9 Å². The number of methoxy groups -OCH3 is 2. The smallest absolute Gasteiger partial charge is 0.197 e. The number of nitrogens with one attached hydrogen (secondary N) is 1. The highest BCUT2D eigenvalue weighted by molar-refractivity contribution is 9.10. The Morgan fingerprint density at radius 3 is 2.61 bits per heavy atom. The first kappa shape index (κ1) is 13.6. The van der Waals surface area contributed by atoms with Crippen LogP contribution >= 0.6 is 15.9 Å². The third kappa shape index (κ3) is 2.10. The van der Waals surface area contributed by atoms with Crippen molar-refractivity contribution in [2.45, 2.75) is 25.3 Å². The number of hydrogen-bond acceptors (Lipinski definition) is 3. The standard InChI is InChI=1S/C13H17BrFNO2/c1-13(5-4-6-16-13)10-8(14)7-9(17-2)12(18-3)11(10)15/h7,16H,4-6H2,1-3H3. The van der Waals surface area contributed by atoms with Crippen LogP contribution in [0.25, 0.3) is 0 Å². The lowest BCUT2D eigenvalue weighted by Crippen LogP contribution is -2.34. The number of ether oxygens (including phenoxy) is 2. The molecule has 1 fully saturated rings. The molecule has 0 saturated carbocycles. The van der Waals surface area contributed by atoms with Gasteiger partial charge in [0.1, 0.15) is 0 Å². The minimum atomic E-state index is -0.361. The first-order valence-electron chi connectivity index (χ1n) is 5.89. The lowest BCUT2D eigenvalue weighted by atomic mass is 9.89. The molecule has 3 nitrogen and oxygen atoms in total. The molecule has 1 N–H and O–H groups in total. The molecule has 1 aliphatic rings. The average Bonchev–Trinajstić information content (AvgIpc) is 2.76. The van der Waals surface area contributed by atoms with Crippen molar-refractivity contribution in [2.75, 3.05) is 20.8 Å². The highest BCUT2D eigenvalue weighted by Crippen LogP contribution is 2.44. The number of hydrogen-bond donors (Lipinski definition) is 1. The fourth-order valence-corrected chi connectivity index (χ4v) is 3.35. The van der Waals surface area contributed by atoms with Crippen LogP contribution in [0.5, 0.6) is 11.5 Å². The summed E-state index contributed by atoms with van der Waals surface area (Å²) in [6, 6.07) is 1.75. The van der Waals surface area contributed by atoms with E-state index in [4.69, 9.17) is 9.47 Å². The molecule has 0 amide bonds. The zero-order valence-corrected chi connectivity index (χ0v) is 12.4. The van der Waals surface area contributed by atoms with Crippen LogP contribution in [0.15, 0.2) is 10.5 Å². The molecule has 0 bridgehead atoms. The van der Waals surface area contributed by atoms with E-state index in [0.717, 1.165) is 19.4 Å². The van der Waals surface area contributed by atoms with E-state index >= 15 is 0 Å². The second-order valence-corrected chi connectivity index (χ2v) is 5.50. The van der Waals surface area contributed by atoms with Gasteiger partial charge in [0.05, 0.1) is 14.2 Å². The minimum Gasteiger partial charge on any atom is -0.493 e. The Balaban J connectivity index is 2.60. The Morgan fingerprint density at radius 1 is 1.39 bits per heavy atom. The van der Waals surface area contributed by atoms with Gasteiger partial charge in [-0.15, -0.1) is 0 Å². The van der Waals surface area contributed by atoms with Crippen molar-refractivity contribution in [1.29, 1.82) is 0 Å². The summed E-state index contributed by atoms with van der Waals surface area (Å²) in [6.07, 6.45) is 1.94. The van der Waals surface area contributed by atoms with Gasteiger partial charge in [0.15, 0.2) is 17.3 Å². The van der Waals surface area contributed by atoms with Gasteiger partial charge in [-0.25, -0.2) is 4.39 Å². The predicted octanol–water partition coefficient (Wildman–Crippen LogP) is 3.20. The average molecular weight is 318 g/mol. The molecule has 1 aliphatic heterocycles. The molecule has 0 spiro atoms. The van der Waals surface area contributed by atoms with Crippen LogP contribution in [-0.2, 0) is 5.54 Å². The molecule has 0 aliphatic carbocycles. The van der Waals surface area contributed by atoms with E-state index in [1.807, 2.05) is 6.92 Å². The van der Waals surface area contributed by atoms with Gasteiger partial charge in [0.25, 0.3) is 0 Å². The molecule has 1 unspecified atom stereocenters. The lowest BCUT2D eigenvalue weighted by molar-refractivity contribution is 0.326. The van der Waals surface area contributed by atoms with Crippen LogP contribution in [0, 0.1) is 5.82 Å². The van der Waals surface area contributed by atoms with Crippen molar-refractivity contribution in [2.24, 2.45) is 0 Å². The zero-order chi connectivity index (χ0) is 13.3. The summed E-state index contributed by atoms with van der Waals surface area (Å²) >= 11 is 3.43. The maximum Gasteiger partial charge on any atom is 0.197 e. The Hall–Kier alpha value is -0.810. The third-order valence-corrected chi connectivity index (χ3v) is 4.11. The molecule has 1 heterocycles. The van der Waals surface area contributed by atoms with Crippen molar-refractivity contribution in [3.8, 4) is 11.5 Å². The fourth-order valence-electron chi connectivity index (χ4n) is 2.53. The maximum absolute atomic E-state index is 14.6. The molecule has 1 aromatic rings. The van der Waals surface area contributed by atoms with E-state index in [9.17, 15) is 4.39 Å². The molecule has 1 saturated heterocycles. The summed E-state index contributed by atoms with van der Waals surface area (Å²) in [6.45, 7) is 2.91. The molecular formula is C13H17BrFNO2. The van der Waals surface area contributed by atoms with Crippen LogP contribution in [0.3, 0.4) is 0 Å². The highest BCUT2D eigenvalue weighted by atomic mass is 79.9. The molecule has 100 valence electrons. The van der Waals surface area contributed by atoms with Crippen molar-refractivity contribution in [3.63, 3.8) is 0 Å². The SMILES string of the molecule is COc1cc(Br)c(C2(C)CCCN2)c(F)c1OC. The van der Waals surface area contributed by atoms with Gasteiger partial charge >= 0.3 is 0 Å². The Morgan fingerprint density at radius 2 is 2.11 bits per heavy atom. The van der Waals surface area contributed by atoms with Gasteiger partial charge in [0.2, 0.25) is 0 Å². The summed E-state index contributed by atoms with van der Waals surface area (Å²) in [5, 5.41) is 3.35. The van der Waals surface area contributed by atoms with E-state index < -0.39 is 0 Å². The van der Waals surface area contributed by atoms with Crippen LogP contribution in [0.2, 0.25) is 0 Å². The maximum atomic E-state index is 14.6. The Kier molecular flexibility index (Phi) is 3.82. The summed E-state index contributed by atoms with van der Waals surface area (Å²) in [7, 11) is 2.95. The highest BCUT2D eigenvalue weighted by Gasteiger charge is 2.36. The molecule has 5 heteroatoms. The first-order valence-corrected chi connectivity index (χ1v) is 6.68. The fraction of sp³-hybridized carbons (Fsp3) is 0.538. The van der Waals surface area contributed by atoms with E-state index in [1.54, 1.807) is 6.07 Å². The van der Waals surface area contributed by atoms with Crippen LogP contribution in [-0.4, -0.2) is 20.8 Å². The Labute approximate surface area is 115 Å². The van der Waals surface area contributed by atoms with Crippen LogP contribution < -0.4 is 14.8 Å². The Bertz CT molecular complexity index is 459. The second-order valence-electron chi connectivity index (χ2n) is 4.65. The summed E-state index contributed by atoms with van der Waals surface area (Å²) in [5.41, 5.74) is 0.250. The largest absolute Gasteiger partial charge is 0.493 e. The third-order valence-electron chi connectivity index (χ3n) is 3.48. The minimum absolute atomic E-state index is 0.158. The number of rotatable bonds is 3. The van der Waals surface area contributed by atoms with Crippen molar-refractivity contribution in [3.05, 3.63) is 21.9 Å². The van der Waals surface area contributed by atoms with Crippen LogP contribution in [0.1, 0.15) is 25.3 Å². The van der Waals surface area contributed by atoms with Gasteiger partial charge in [-0.2, -0.15) is 0 Å². The van der Waals surface area contributed by atoms with Crippen molar-refractivity contribution < 1.29 is 13.9 Å². The quantitative estimate of drug-likeness (QED) is 0.928. The first-order chi connectivity index (χ1) is 8.53. The zero-order valence-electron chi connectivity index (χ0n) is 10.8. The van der Waals surface area contributed by atoms with Gasteiger partial charge in [0, 0.05) is 15.6 Å². The number of halogens is 2. The topological polar surface area (TPSA) is 30.5 Å². The molecule has 0 aromatic heterocycles. The normalized spacial score (nSPS) is 23.2. The van der Waals surface area contributed by atoms with Gasteiger partial charge < -0.3 is 14.8 Å². The van der Waals surface area contributed by atoms with Gasteiger partial charge in [-0.05, 0) is 32.4 Å². The predicted molar refractivity (Wildman–Crippen MR) is 71.8 cm³/mol. The summed E-state index contributed by atoms with van der Waals surface area (Å²) in [5.74, 6) is 0.193. The molecule has 1 atom stereocenters. The van der Waals surface area contributed by atoms with Crippen molar-refractivity contribution in [1.82, 2.24) is 5.32 Å². The molecule has 0 radical (unpaired) electrons. The van der Waals surface area contributed by atoms with E-state index in [1.165, 1.54) is 14.2 Å². The monoisotopic (exact) mass is 317 g/mol. The van der Waals surface area contributed by atoms with E-state index in [-0.39, 0.29) is 17.1 Å². The van der Waals surface area contributed by atoms with Gasteiger partial charge in [-0.1, -0.05) is 15.9 Å². The van der Waals surface area contributed by atoms with Gasteiger partial charge in [-0.3, -0.25) is 0 Å². The van der Waals surface area contributed by atoms with E-state index in [2.05, 4.69) is 21.2 Å². The molecule has 18 heavy (non-hydrogen) atoms. The number of benzene rings is 1. The molecular weight excluding hydrogens is 301 g/mol. The molecule has 1 aromatic carbocycles. The summed E-state index contributed by atoms with van der Waals surface area (Å²) in [4.78, 5) is 0. The van der Waals surface area contributed by atoms with Crippen LogP contribution in [0.4, 0.5) is 4.39 Å².